The Balaban J connectivity index is 2.28. The maximum Gasteiger partial charge on any atom is 0.119 e. The molecule has 0 aliphatic carbocycles. The van der Waals surface area contributed by atoms with E-state index in [1.54, 1.807) is 0 Å². The Hall–Kier alpha value is -1.74. The molecule has 0 aliphatic heterocycles. The van der Waals surface area contributed by atoms with Gasteiger partial charge in [-0.1, -0.05) is 19.1 Å². The fourth-order valence-corrected chi connectivity index (χ4v) is 2.28. The molecular weight excluding hydrogens is 250 g/mol. The highest BCUT2D eigenvalue weighted by Crippen LogP contribution is 2.26. The minimum atomic E-state index is 0.146. The van der Waals surface area contributed by atoms with Gasteiger partial charge in [0.1, 0.15) is 11.5 Å². The van der Waals surface area contributed by atoms with Crippen LogP contribution in [0.1, 0.15) is 43.2 Å². The van der Waals surface area contributed by atoms with Gasteiger partial charge in [0.2, 0.25) is 0 Å². The first-order valence-corrected chi connectivity index (χ1v) is 7.25. The number of ether oxygens (including phenoxy) is 1. The summed E-state index contributed by atoms with van der Waals surface area (Å²) in [5, 5.41) is 3.57. The zero-order chi connectivity index (χ0) is 14.4. The molecule has 1 aromatic heterocycles. The van der Waals surface area contributed by atoms with E-state index in [9.17, 15) is 0 Å². The van der Waals surface area contributed by atoms with Crippen molar-refractivity contribution < 1.29 is 9.15 Å². The van der Waals surface area contributed by atoms with E-state index in [1.807, 2.05) is 32.2 Å². The highest BCUT2D eigenvalue weighted by atomic mass is 16.5. The lowest BCUT2D eigenvalue weighted by molar-refractivity contribution is 0.339. The molecule has 1 atom stereocenters. The van der Waals surface area contributed by atoms with Gasteiger partial charge < -0.3 is 14.5 Å². The van der Waals surface area contributed by atoms with Crippen molar-refractivity contribution in [1.29, 1.82) is 0 Å². The summed E-state index contributed by atoms with van der Waals surface area (Å²) >= 11 is 0. The summed E-state index contributed by atoms with van der Waals surface area (Å²) in [7, 11) is 0. The number of rotatable bonds is 7. The van der Waals surface area contributed by atoms with E-state index in [-0.39, 0.29) is 6.04 Å². The van der Waals surface area contributed by atoms with Crippen LogP contribution in [-0.4, -0.2) is 13.2 Å². The zero-order valence-electron chi connectivity index (χ0n) is 12.5. The molecule has 1 N–H and O–H groups in total. The monoisotopic (exact) mass is 273 g/mol. The maximum atomic E-state index is 5.59. The van der Waals surface area contributed by atoms with Gasteiger partial charge in [-0.15, -0.1) is 0 Å². The smallest absolute Gasteiger partial charge is 0.119 e. The number of aryl methyl sites for hydroxylation is 1. The lowest BCUT2D eigenvalue weighted by Gasteiger charge is -2.18. The molecule has 1 aromatic carbocycles. The van der Waals surface area contributed by atoms with Crippen molar-refractivity contribution in [1.82, 2.24) is 5.32 Å². The Kier molecular flexibility index (Phi) is 5.24. The average Bonchev–Trinajstić information content (AvgIpc) is 2.87. The lowest BCUT2D eigenvalue weighted by Crippen LogP contribution is -2.22. The van der Waals surface area contributed by atoms with Crippen LogP contribution < -0.4 is 10.1 Å². The van der Waals surface area contributed by atoms with Crippen LogP contribution in [0.25, 0.3) is 0 Å². The predicted octanol–water partition coefficient (Wildman–Crippen LogP) is 4.08. The molecule has 0 aliphatic rings. The van der Waals surface area contributed by atoms with Gasteiger partial charge in [-0.05, 0) is 50.6 Å². The van der Waals surface area contributed by atoms with Crippen molar-refractivity contribution in [3.63, 3.8) is 0 Å². The van der Waals surface area contributed by atoms with Crippen molar-refractivity contribution in [3.05, 3.63) is 53.5 Å². The Labute approximate surface area is 121 Å². The van der Waals surface area contributed by atoms with Crippen LogP contribution >= 0.6 is 0 Å². The predicted molar refractivity (Wildman–Crippen MR) is 81.2 cm³/mol. The normalized spacial score (nSPS) is 12.3. The van der Waals surface area contributed by atoms with Gasteiger partial charge in [0.25, 0.3) is 0 Å². The Bertz CT molecular complexity index is 533. The molecule has 2 rings (SSSR count). The molecule has 3 nitrogen and oxygen atoms in total. The highest BCUT2D eigenvalue weighted by Gasteiger charge is 2.16. The molecule has 3 heteroatoms. The standard InChI is InChI=1S/C17H23NO2/c1-4-9-18-17(15-10-13(3)20-12-15)14-7-6-8-16(11-14)19-5-2/h6-8,10-12,17-18H,4-5,9H2,1-3H3. The Morgan fingerprint density at radius 1 is 1.20 bits per heavy atom. The van der Waals surface area contributed by atoms with E-state index >= 15 is 0 Å². The van der Waals surface area contributed by atoms with Gasteiger partial charge in [0, 0.05) is 5.56 Å². The Morgan fingerprint density at radius 3 is 2.70 bits per heavy atom. The van der Waals surface area contributed by atoms with Gasteiger partial charge in [-0.2, -0.15) is 0 Å². The Morgan fingerprint density at radius 2 is 2.05 bits per heavy atom. The van der Waals surface area contributed by atoms with Crippen LogP contribution in [0.15, 0.2) is 41.0 Å². The van der Waals surface area contributed by atoms with Crippen LogP contribution in [0.3, 0.4) is 0 Å². The van der Waals surface area contributed by atoms with Gasteiger partial charge in [0.05, 0.1) is 18.9 Å². The van der Waals surface area contributed by atoms with Crippen molar-refractivity contribution in [3.8, 4) is 5.75 Å². The first-order chi connectivity index (χ1) is 9.74. The molecule has 0 saturated carbocycles. The summed E-state index contributed by atoms with van der Waals surface area (Å²) in [4.78, 5) is 0. The van der Waals surface area contributed by atoms with Crippen LogP contribution in [-0.2, 0) is 0 Å². The molecular formula is C17H23NO2. The summed E-state index contributed by atoms with van der Waals surface area (Å²) in [6.45, 7) is 7.78. The number of hydrogen-bond acceptors (Lipinski definition) is 3. The molecule has 0 saturated heterocycles. The van der Waals surface area contributed by atoms with Gasteiger partial charge in [-0.25, -0.2) is 0 Å². The lowest BCUT2D eigenvalue weighted by atomic mass is 10.0. The minimum Gasteiger partial charge on any atom is -0.494 e. The zero-order valence-corrected chi connectivity index (χ0v) is 12.5. The summed E-state index contributed by atoms with van der Waals surface area (Å²) in [5.74, 6) is 1.85. The van der Waals surface area contributed by atoms with Gasteiger partial charge in [-0.3, -0.25) is 0 Å². The van der Waals surface area contributed by atoms with Crippen LogP contribution in [0.4, 0.5) is 0 Å². The molecule has 1 unspecified atom stereocenters. The SMILES string of the molecule is CCCNC(c1cccc(OCC)c1)c1coc(C)c1. The minimum absolute atomic E-state index is 0.146. The van der Waals surface area contributed by atoms with E-state index in [0.717, 1.165) is 30.0 Å². The summed E-state index contributed by atoms with van der Waals surface area (Å²) < 4.78 is 11.0. The van der Waals surface area contributed by atoms with Gasteiger partial charge in [0.15, 0.2) is 0 Å². The van der Waals surface area contributed by atoms with Crippen LogP contribution in [0, 0.1) is 6.92 Å². The fourth-order valence-electron chi connectivity index (χ4n) is 2.28. The van der Waals surface area contributed by atoms with Crippen molar-refractivity contribution in [2.75, 3.05) is 13.2 Å². The van der Waals surface area contributed by atoms with Crippen molar-refractivity contribution in [2.45, 2.75) is 33.2 Å². The van der Waals surface area contributed by atoms with E-state index in [2.05, 4.69) is 30.4 Å². The topological polar surface area (TPSA) is 34.4 Å². The highest BCUT2D eigenvalue weighted by molar-refractivity contribution is 5.36. The van der Waals surface area contributed by atoms with E-state index in [4.69, 9.17) is 9.15 Å². The van der Waals surface area contributed by atoms with E-state index in [1.165, 1.54) is 5.56 Å². The average molecular weight is 273 g/mol. The molecule has 0 spiro atoms. The third-order valence-corrected chi connectivity index (χ3v) is 3.19. The molecule has 108 valence electrons. The first-order valence-electron chi connectivity index (χ1n) is 7.25. The number of hydrogen-bond donors (Lipinski definition) is 1. The third-order valence-electron chi connectivity index (χ3n) is 3.19. The summed E-state index contributed by atoms with van der Waals surface area (Å²) in [6.07, 6.45) is 2.93. The van der Waals surface area contributed by atoms with E-state index in [0.29, 0.717) is 6.61 Å². The molecule has 20 heavy (non-hydrogen) atoms. The number of nitrogens with one attached hydrogen (secondary N) is 1. The summed E-state index contributed by atoms with van der Waals surface area (Å²) in [5.41, 5.74) is 2.36. The third kappa shape index (κ3) is 3.64. The molecule has 0 amide bonds. The summed E-state index contributed by atoms with van der Waals surface area (Å²) in [6, 6.07) is 10.5. The van der Waals surface area contributed by atoms with Crippen LogP contribution in [0.5, 0.6) is 5.75 Å². The molecule has 1 heterocycles. The molecule has 0 fully saturated rings. The first kappa shape index (κ1) is 14.7. The fraction of sp³-hybridized carbons (Fsp3) is 0.412. The number of furan rings is 1. The molecule has 0 radical (unpaired) electrons. The van der Waals surface area contributed by atoms with Crippen molar-refractivity contribution >= 4 is 0 Å². The number of benzene rings is 1. The second-order valence-electron chi connectivity index (χ2n) is 4.88. The van der Waals surface area contributed by atoms with E-state index < -0.39 is 0 Å². The van der Waals surface area contributed by atoms with Gasteiger partial charge >= 0.3 is 0 Å². The second-order valence-corrected chi connectivity index (χ2v) is 4.88. The maximum absolute atomic E-state index is 5.59. The quantitative estimate of drug-likeness (QED) is 0.825. The molecule has 0 bridgehead atoms. The second kappa shape index (κ2) is 7.15. The largest absolute Gasteiger partial charge is 0.494 e. The van der Waals surface area contributed by atoms with Crippen molar-refractivity contribution in [2.24, 2.45) is 0 Å². The molecule has 2 aromatic rings. The van der Waals surface area contributed by atoms with Crippen LogP contribution in [0.2, 0.25) is 0 Å².